The van der Waals surface area contributed by atoms with Crippen LogP contribution in [0.4, 0.5) is 18.9 Å². The smallest absolute Gasteiger partial charge is 0.406 e. The first-order valence-electron chi connectivity index (χ1n) is 6.18. The zero-order chi connectivity index (χ0) is 14.8. The fraction of sp³-hybridized carbons (Fsp3) is 0.462. The van der Waals surface area contributed by atoms with Crippen molar-refractivity contribution >= 4 is 11.6 Å². The Morgan fingerprint density at radius 2 is 1.95 bits per heavy atom. The second kappa shape index (κ2) is 5.32. The Bertz CT molecular complexity index is 496. The number of carbonyl (C=O) groups is 1. The number of alkyl halides is 3. The molecule has 1 saturated carbocycles. The summed E-state index contributed by atoms with van der Waals surface area (Å²) in [5.41, 5.74) is -1.28. The number of ether oxygens (including phenoxy) is 1. The average molecular weight is 289 g/mol. The summed E-state index contributed by atoms with van der Waals surface area (Å²) < 4.78 is 40.0. The second-order valence-corrected chi connectivity index (χ2v) is 4.77. The molecule has 0 spiro atoms. The van der Waals surface area contributed by atoms with Crippen molar-refractivity contribution < 1.29 is 27.8 Å². The molecule has 1 aliphatic rings. The topological polar surface area (TPSA) is 58.6 Å². The molecule has 110 valence electrons. The number of rotatable bonds is 3. The molecule has 0 heterocycles. The van der Waals surface area contributed by atoms with Gasteiger partial charge in [-0.3, -0.25) is 4.79 Å². The van der Waals surface area contributed by atoms with Crippen molar-refractivity contribution in [2.24, 2.45) is 0 Å². The highest BCUT2D eigenvalue weighted by molar-refractivity contribution is 5.97. The predicted octanol–water partition coefficient (Wildman–Crippen LogP) is 2.83. The van der Waals surface area contributed by atoms with Crippen LogP contribution in [-0.2, 0) is 4.79 Å². The van der Waals surface area contributed by atoms with E-state index in [1.54, 1.807) is 0 Å². The number of amides is 1. The molecule has 0 unspecified atom stereocenters. The van der Waals surface area contributed by atoms with Gasteiger partial charge in [-0.15, -0.1) is 13.2 Å². The zero-order valence-electron chi connectivity index (χ0n) is 10.5. The van der Waals surface area contributed by atoms with E-state index in [0.29, 0.717) is 12.8 Å². The summed E-state index contributed by atoms with van der Waals surface area (Å²) in [7, 11) is 0. The molecule has 0 saturated heterocycles. The first-order chi connectivity index (χ1) is 9.28. The summed E-state index contributed by atoms with van der Waals surface area (Å²) in [6.45, 7) is 0. The van der Waals surface area contributed by atoms with Crippen molar-refractivity contribution in [3.8, 4) is 5.75 Å². The molecule has 20 heavy (non-hydrogen) atoms. The fourth-order valence-electron chi connectivity index (χ4n) is 2.21. The summed E-state index contributed by atoms with van der Waals surface area (Å²) >= 11 is 0. The molecular formula is C13H14F3NO3. The van der Waals surface area contributed by atoms with Crippen LogP contribution >= 0.6 is 0 Å². The van der Waals surface area contributed by atoms with Gasteiger partial charge >= 0.3 is 6.36 Å². The van der Waals surface area contributed by atoms with E-state index in [9.17, 15) is 23.1 Å². The van der Waals surface area contributed by atoms with Gasteiger partial charge in [0.2, 0.25) is 0 Å². The normalized spacial score (nSPS) is 17.8. The lowest BCUT2D eigenvalue weighted by atomic mass is 10.0. The maximum absolute atomic E-state index is 12.1. The van der Waals surface area contributed by atoms with E-state index in [1.807, 2.05) is 0 Å². The van der Waals surface area contributed by atoms with Crippen LogP contribution in [0, 0.1) is 0 Å². The molecule has 0 bridgehead atoms. The van der Waals surface area contributed by atoms with E-state index >= 15 is 0 Å². The van der Waals surface area contributed by atoms with Gasteiger partial charge in [0.1, 0.15) is 11.4 Å². The molecule has 1 aromatic carbocycles. The molecule has 1 aromatic rings. The van der Waals surface area contributed by atoms with E-state index in [2.05, 4.69) is 10.1 Å². The number of aliphatic hydroxyl groups is 1. The number of nitrogens with one attached hydrogen (secondary N) is 1. The van der Waals surface area contributed by atoms with Gasteiger partial charge in [-0.2, -0.15) is 0 Å². The summed E-state index contributed by atoms with van der Waals surface area (Å²) in [5, 5.41) is 12.5. The van der Waals surface area contributed by atoms with Crippen LogP contribution in [0.2, 0.25) is 0 Å². The van der Waals surface area contributed by atoms with Crippen LogP contribution in [0.5, 0.6) is 5.75 Å². The zero-order valence-corrected chi connectivity index (χ0v) is 10.5. The Kier molecular flexibility index (Phi) is 3.89. The van der Waals surface area contributed by atoms with E-state index in [0.717, 1.165) is 25.0 Å². The van der Waals surface area contributed by atoms with Crippen LogP contribution in [0.25, 0.3) is 0 Å². The van der Waals surface area contributed by atoms with Crippen LogP contribution in [0.1, 0.15) is 25.7 Å². The van der Waals surface area contributed by atoms with E-state index in [-0.39, 0.29) is 5.69 Å². The van der Waals surface area contributed by atoms with Gasteiger partial charge in [0.05, 0.1) is 0 Å². The number of hydrogen-bond acceptors (Lipinski definition) is 3. The van der Waals surface area contributed by atoms with Gasteiger partial charge < -0.3 is 15.2 Å². The Labute approximate surface area is 113 Å². The lowest BCUT2D eigenvalue weighted by molar-refractivity contribution is -0.274. The number of benzene rings is 1. The van der Waals surface area contributed by atoms with Crippen LogP contribution in [0.15, 0.2) is 24.3 Å². The van der Waals surface area contributed by atoms with E-state index in [4.69, 9.17) is 0 Å². The minimum atomic E-state index is -4.79. The Hall–Kier alpha value is -1.76. The number of halogens is 3. The maximum atomic E-state index is 12.1. The Morgan fingerprint density at radius 1 is 1.30 bits per heavy atom. The van der Waals surface area contributed by atoms with Crippen LogP contribution < -0.4 is 10.1 Å². The van der Waals surface area contributed by atoms with Gasteiger partial charge in [0.15, 0.2) is 0 Å². The summed E-state index contributed by atoms with van der Waals surface area (Å²) in [6.07, 6.45) is -2.57. The lowest BCUT2D eigenvalue weighted by Crippen LogP contribution is -2.40. The van der Waals surface area contributed by atoms with Gasteiger partial charge in [0, 0.05) is 11.8 Å². The highest BCUT2D eigenvalue weighted by Crippen LogP contribution is 2.31. The molecule has 0 aliphatic heterocycles. The molecule has 0 atom stereocenters. The van der Waals surface area contributed by atoms with Crippen molar-refractivity contribution in [1.82, 2.24) is 0 Å². The van der Waals surface area contributed by atoms with E-state index < -0.39 is 23.6 Å². The first-order valence-corrected chi connectivity index (χ1v) is 6.18. The first kappa shape index (κ1) is 14.6. The fourth-order valence-corrected chi connectivity index (χ4v) is 2.21. The van der Waals surface area contributed by atoms with Crippen molar-refractivity contribution in [1.29, 1.82) is 0 Å². The monoisotopic (exact) mass is 289 g/mol. The molecule has 1 amide bonds. The molecule has 4 nitrogen and oxygen atoms in total. The third-order valence-electron chi connectivity index (χ3n) is 3.18. The van der Waals surface area contributed by atoms with Gasteiger partial charge in [0.25, 0.3) is 5.91 Å². The molecule has 2 N–H and O–H groups in total. The van der Waals surface area contributed by atoms with Gasteiger partial charge in [-0.1, -0.05) is 6.07 Å². The molecule has 1 fully saturated rings. The maximum Gasteiger partial charge on any atom is 0.573 e. The predicted molar refractivity (Wildman–Crippen MR) is 65.2 cm³/mol. The molecular weight excluding hydrogens is 275 g/mol. The lowest BCUT2D eigenvalue weighted by Gasteiger charge is -2.21. The molecule has 7 heteroatoms. The molecule has 1 aliphatic carbocycles. The van der Waals surface area contributed by atoms with Crippen LogP contribution in [-0.4, -0.2) is 23.0 Å². The summed E-state index contributed by atoms with van der Waals surface area (Å²) in [6, 6.07) is 4.95. The average Bonchev–Trinajstić information content (AvgIpc) is 2.76. The number of anilines is 1. The summed E-state index contributed by atoms with van der Waals surface area (Å²) in [5.74, 6) is -1.02. The highest BCUT2D eigenvalue weighted by Gasteiger charge is 2.38. The van der Waals surface area contributed by atoms with Crippen molar-refractivity contribution in [3.63, 3.8) is 0 Å². The SMILES string of the molecule is O=C(Nc1cccc(OC(F)(F)F)c1)C1(O)CCCC1. The van der Waals surface area contributed by atoms with Crippen molar-refractivity contribution in [2.45, 2.75) is 37.6 Å². The minimum Gasteiger partial charge on any atom is -0.406 e. The van der Waals surface area contributed by atoms with Crippen molar-refractivity contribution in [2.75, 3.05) is 5.32 Å². The highest BCUT2D eigenvalue weighted by atomic mass is 19.4. The largest absolute Gasteiger partial charge is 0.573 e. The third kappa shape index (κ3) is 3.63. The third-order valence-corrected chi connectivity index (χ3v) is 3.18. The molecule has 0 aromatic heterocycles. The van der Waals surface area contributed by atoms with Gasteiger partial charge in [-0.05, 0) is 37.8 Å². The van der Waals surface area contributed by atoms with Gasteiger partial charge in [-0.25, -0.2) is 0 Å². The number of hydrogen-bond donors (Lipinski definition) is 2. The van der Waals surface area contributed by atoms with Crippen LogP contribution in [0.3, 0.4) is 0 Å². The number of carbonyl (C=O) groups excluding carboxylic acids is 1. The molecule has 2 rings (SSSR count). The Morgan fingerprint density at radius 3 is 2.55 bits per heavy atom. The molecule has 0 radical (unpaired) electrons. The minimum absolute atomic E-state index is 0.150. The van der Waals surface area contributed by atoms with Crippen molar-refractivity contribution in [3.05, 3.63) is 24.3 Å². The second-order valence-electron chi connectivity index (χ2n) is 4.77. The summed E-state index contributed by atoms with van der Waals surface area (Å²) in [4.78, 5) is 11.9. The quantitative estimate of drug-likeness (QED) is 0.899. The Balaban J connectivity index is 2.06. The standard InChI is InChI=1S/C13H14F3NO3/c14-13(15,16)20-10-5-3-4-9(8-10)17-11(18)12(19)6-1-2-7-12/h3-5,8,19H,1-2,6-7H2,(H,17,18). The van der Waals surface area contributed by atoms with E-state index in [1.165, 1.54) is 12.1 Å².